The molecule has 0 saturated heterocycles. The molecule has 84 valence electrons. The van der Waals surface area contributed by atoms with Crippen molar-refractivity contribution < 1.29 is 19.5 Å². The molecule has 0 aliphatic carbocycles. The number of carbonyl (C=O) groups excluding carboxylic acids is 2. The van der Waals surface area contributed by atoms with Crippen molar-refractivity contribution >= 4 is 34.5 Å². The number of carbonyl (C=O) groups is 3. The van der Waals surface area contributed by atoms with Crippen LogP contribution in [0, 0.1) is 0 Å². The Labute approximate surface area is 90.9 Å². The number of hydrogen-bond donors (Lipinski definition) is 2. The number of Topliss-reactive ketones (excluding diaryl/α,β-unsaturated/α-hetero) is 1. The van der Waals surface area contributed by atoms with Gasteiger partial charge in [0.15, 0.2) is 5.78 Å². The molecule has 0 aliphatic rings. The lowest BCUT2D eigenvalue weighted by molar-refractivity contribution is -0.139. The molecule has 7 heteroatoms. The summed E-state index contributed by atoms with van der Waals surface area (Å²) in [6.45, 7) is 0. The van der Waals surface area contributed by atoms with Gasteiger partial charge in [-0.25, -0.2) is 0 Å². The maximum atomic E-state index is 11.0. The van der Waals surface area contributed by atoms with Crippen molar-refractivity contribution in [1.29, 1.82) is 0 Å². The van der Waals surface area contributed by atoms with Crippen molar-refractivity contribution in [2.75, 3.05) is 12.8 Å². The van der Waals surface area contributed by atoms with Gasteiger partial charge in [0.1, 0.15) is 6.42 Å². The van der Waals surface area contributed by atoms with Crippen LogP contribution in [0.25, 0.3) is 0 Å². The van der Waals surface area contributed by atoms with E-state index in [1.54, 1.807) is 0 Å². The molecule has 0 aromatic carbocycles. The molecule has 0 fully saturated rings. The van der Waals surface area contributed by atoms with Gasteiger partial charge in [0, 0.05) is 7.05 Å². The number of aliphatic imine (C=N–C) groups is 1. The van der Waals surface area contributed by atoms with E-state index in [9.17, 15) is 14.4 Å². The Balaban J connectivity index is 3.97. The van der Waals surface area contributed by atoms with Gasteiger partial charge in [0.05, 0.1) is 17.2 Å². The van der Waals surface area contributed by atoms with Gasteiger partial charge in [-0.1, -0.05) is 0 Å². The zero-order chi connectivity index (χ0) is 11.8. The van der Waals surface area contributed by atoms with Crippen LogP contribution in [0.2, 0.25) is 0 Å². The molecule has 0 bridgehead atoms. The van der Waals surface area contributed by atoms with Crippen LogP contribution >= 0.6 is 11.8 Å². The molecule has 0 aromatic rings. The summed E-state index contributed by atoms with van der Waals surface area (Å²) in [6, 6.07) is 0. The summed E-state index contributed by atoms with van der Waals surface area (Å²) in [5.74, 6) is -2.12. The molecule has 6 nitrogen and oxygen atoms in total. The highest BCUT2D eigenvalue weighted by Gasteiger charge is 2.11. The number of amides is 1. The molecule has 15 heavy (non-hydrogen) atoms. The Kier molecular flexibility index (Phi) is 6.35. The van der Waals surface area contributed by atoms with E-state index in [4.69, 9.17) is 10.8 Å². The monoisotopic (exact) mass is 232 g/mol. The average molecular weight is 232 g/mol. The Morgan fingerprint density at radius 3 is 2.33 bits per heavy atom. The number of nitrogens with two attached hydrogens (primary N) is 1. The third-order valence-electron chi connectivity index (χ3n) is 1.32. The molecular weight excluding hydrogens is 220 g/mol. The predicted molar refractivity (Wildman–Crippen MR) is 56.9 cm³/mol. The minimum Gasteiger partial charge on any atom is -0.481 e. The Bertz CT molecular complexity index is 301. The molecule has 0 saturated carbocycles. The van der Waals surface area contributed by atoms with Gasteiger partial charge < -0.3 is 10.8 Å². The first-order valence-corrected chi connectivity index (χ1v) is 5.04. The van der Waals surface area contributed by atoms with Crippen molar-refractivity contribution in [3.05, 3.63) is 0 Å². The van der Waals surface area contributed by atoms with Gasteiger partial charge in [-0.15, -0.1) is 11.8 Å². The van der Waals surface area contributed by atoms with Crippen LogP contribution < -0.4 is 5.73 Å². The van der Waals surface area contributed by atoms with Crippen molar-refractivity contribution in [3.63, 3.8) is 0 Å². The van der Waals surface area contributed by atoms with Crippen LogP contribution in [0.3, 0.4) is 0 Å². The minimum absolute atomic E-state index is 0.00769. The first kappa shape index (κ1) is 13.6. The van der Waals surface area contributed by atoms with E-state index in [0.717, 1.165) is 11.8 Å². The molecule has 3 N–H and O–H groups in total. The Morgan fingerprint density at radius 1 is 1.33 bits per heavy atom. The summed E-state index contributed by atoms with van der Waals surface area (Å²) in [7, 11) is 1.48. The maximum Gasteiger partial charge on any atom is 0.310 e. The van der Waals surface area contributed by atoms with Crippen LogP contribution in [0.15, 0.2) is 4.99 Å². The molecule has 0 heterocycles. The fraction of sp³-hybridized carbons (Fsp3) is 0.500. The normalized spacial score (nSPS) is 11.1. The lowest BCUT2D eigenvalue weighted by Crippen LogP contribution is -2.16. The lowest BCUT2D eigenvalue weighted by Gasteiger charge is -2.01. The van der Waals surface area contributed by atoms with Gasteiger partial charge in [0.2, 0.25) is 5.91 Å². The number of thioether (sulfide) groups is 1. The molecule has 0 rings (SSSR count). The standard InChI is InChI=1S/C8H12N2O4S/c1-10-7(3-6(9)12)15-4-5(11)2-8(13)14/h2-4H2,1H3,(H2,9,12)(H,13,14). The zero-order valence-corrected chi connectivity index (χ0v) is 9.04. The largest absolute Gasteiger partial charge is 0.481 e. The van der Waals surface area contributed by atoms with E-state index in [-0.39, 0.29) is 12.2 Å². The van der Waals surface area contributed by atoms with Crippen molar-refractivity contribution in [1.82, 2.24) is 0 Å². The summed E-state index contributed by atoms with van der Waals surface area (Å²) in [5.41, 5.74) is 4.94. The molecule has 0 aliphatic heterocycles. The first-order chi connectivity index (χ1) is 6.95. The summed E-state index contributed by atoms with van der Waals surface area (Å²) in [4.78, 5) is 35.5. The highest BCUT2D eigenvalue weighted by Crippen LogP contribution is 2.08. The number of primary amides is 1. The Hall–Kier alpha value is -1.37. The van der Waals surface area contributed by atoms with Gasteiger partial charge >= 0.3 is 5.97 Å². The van der Waals surface area contributed by atoms with Gasteiger partial charge in [0.25, 0.3) is 0 Å². The van der Waals surface area contributed by atoms with Crippen molar-refractivity contribution in [3.8, 4) is 0 Å². The number of carboxylic acids is 1. The number of rotatable bonds is 6. The van der Waals surface area contributed by atoms with E-state index in [1.807, 2.05) is 0 Å². The van der Waals surface area contributed by atoms with Crippen LogP contribution in [0.1, 0.15) is 12.8 Å². The average Bonchev–Trinajstić information content (AvgIpc) is 2.10. The topological polar surface area (TPSA) is 110 Å². The maximum absolute atomic E-state index is 11.0. The summed E-state index contributed by atoms with van der Waals surface area (Å²) in [5, 5.41) is 8.75. The van der Waals surface area contributed by atoms with Crippen LogP contribution in [0.4, 0.5) is 0 Å². The van der Waals surface area contributed by atoms with E-state index in [2.05, 4.69) is 4.99 Å². The van der Waals surface area contributed by atoms with E-state index in [1.165, 1.54) is 7.05 Å². The second kappa shape index (κ2) is 6.99. The van der Waals surface area contributed by atoms with E-state index >= 15 is 0 Å². The molecule has 0 unspecified atom stereocenters. The number of ketones is 1. The zero-order valence-electron chi connectivity index (χ0n) is 8.23. The van der Waals surface area contributed by atoms with Gasteiger partial charge in [-0.3, -0.25) is 19.4 Å². The van der Waals surface area contributed by atoms with Gasteiger partial charge in [-0.2, -0.15) is 0 Å². The third-order valence-corrected chi connectivity index (χ3v) is 2.45. The third kappa shape index (κ3) is 7.68. The molecule has 0 aromatic heterocycles. The summed E-state index contributed by atoms with van der Waals surface area (Å²) >= 11 is 1.04. The highest BCUT2D eigenvalue weighted by atomic mass is 32.2. The summed E-state index contributed by atoms with van der Waals surface area (Å²) in [6.07, 6.45) is -0.540. The molecule has 0 atom stereocenters. The van der Waals surface area contributed by atoms with E-state index < -0.39 is 24.1 Å². The van der Waals surface area contributed by atoms with Crippen LogP contribution in [0.5, 0.6) is 0 Å². The lowest BCUT2D eigenvalue weighted by atomic mass is 10.3. The predicted octanol–water partition coefficient (Wildman–Crippen LogP) is -0.333. The molecule has 1 amide bonds. The fourth-order valence-corrected chi connectivity index (χ4v) is 1.53. The first-order valence-electron chi connectivity index (χ1n) is 4.06. The van der Waals surface area contributed by atoms with Crippen LogP contribution in [-0.2, 0) is 14.4 Å². The highest BCUT2D eigenvalue weighted by molar-refractivity contribution is 8.14. The van der Waals surface area contributed by atoms with Gasteiger partial charge in [-0.05, 0) is 0 Å². The smallest absolute Gasteiger partial charge is 0.310 e. The second-order valence-electron chi connectivity index (χ2n) is 2.66. The molecule has 0 radical (unpaired) electrons. The minimum atomic E-state index is -1.16. The van der Waals surface area contributed by atoms with Crippen molar-refractivity contribution in [2.24, 2.45) is 10.7 Å². The SMILES string of the molecule is CN=C(CC(N)=O)SCC(=O)CC(=O)O. The molecular formula is C8H12N2O4S. The Morgan fingerprint density at radius 2 is 1.93 bits per heavy atom. The number of aliphatic carboxylic acids is 1. The number of hydrogen-bond acceptors (Lipinski definition) is 5. The number of nitrogens with zero attached hydrogens (tertiary/aromatic N) is 1. The second-order valence-corrected chi connectivity index (χ2v) is 3.71. The van der Waals surface area contributed by atoms with Crippen LogP contribution in [-0.4, -0.2) is 40.6 Å². The number of carboxylic acid groups (broad SMARTS) is 1. The van der Waals surface area contributed by atoms with Crippen molar-refractivity contribution in [2.45, 2.75) is 12.8 Å². The summed E-state index contributed by atoms with van der Waals surface area (Å²) < 4.78 is 0. The van der Waals surface area contributed by atoms with E-state index in [0.29, 0.717) is 5.04 Å². The molecule has 0 spiro atoms. The quantitative estimate of drug-likeness (QED) is 0.370. The fourth-order valence-electron chi connectivity index (χ4n) is 0.727.